The van der Waals surface area contributed by atoms with Crippen molar-refractivity contribution < 1.29 is 14.0 Å². The van der Waals surface area contributed by atoms with Crippen LogP contribution < -0.4 is 10.6 Å². The van der Waals surface area contributed by atoms with Crippen molar-refractivity contribution in [2.24, 2.45) is 0 Å². The molecular weight excluding hydrogens is 364 g/mol. The first kappa shape index (κ1) is 18.5. The van der Waals surface area contributed by atoms with Gasteiger partial charge in [-0.05, 0) is 48.9 Å². The van der Waals surface area contributed by atoms with Crippen LogP contribution in [0.15, 0.2) is 77.0 Å². The van der Waals surface area contributed by atoms with E-state index in [2.05, 4.69) is 10.6 Å². The SMILES string of the molecule is Cc1cccc(NC(=O)/C(=C/c2ccco2)NC(=O)c2ccccc2Cl)c1. The molecule has 2 amide bonds. The number of amides is 2. The van der Waals surface area contributed by atoms with Gasteiger partial charge in [-0.25, -0.2) is 0 Å². The van der Waals surface area contributed by atoms with Crippen LogP contribution in [-0.4, -0.2) is 11.8 Å². The molecule has 0 bridgehead atoms. The predicted molar refractivity (Wildman–Crippen MR) is 105 cm³/mol. The van der Waals surface area contributed by atoms with E-state index in [1.807, 2.05) is 25.1 Å². The van der Waals surface area contributed by atoms with Crippen LogP contribution in [0.3, 0.4) is 0 Å². The number of anilines is 1. The van der Waals surface area contributed by atoms with Gasteiger partial charge in [-0.2, -0.15) is 0 Å². The fourth-order valence-electron chi connectivity index (χ4n) is 2.43. The average Bonchev–Trinajstić information content (AvgIpc) is 3.14. The normalized spacial score (nSPS) is 11.1. The summed E-state index contributed by atoms with van der Waals surface area (Å²) in [5.41, 5.74) is 1.94. The van der Waals surface area contributed by atoms with Crippen molar-refractivity contribution in [2.45, 2.75) is 6.92 Å². The summed E-state index contributed by atoms with van der Waals surface area (Å²) in [7, 11) is 0. The zero-order valence-electron chi connectivity index (χ0n) is 14.5. The molecule has 0 fully saturated rings. The maximum absolute atomic E-state index is 12.7. The van der Waals surface area contributed by atoms with Crippen molar-refractivity contribution in [1.82, 2.24) is 5.32 Å². The molecule has 0 saturated heterocycles. The van der Waals surface area contributed by atoms with E-state index >= 15 is 0 Å². The van der Waals surface area contributed by atoms with Gasteiger partial charge < -0.3 is 15.1 Å². The Morgan fingerprint density at radius 3 is 2.56 bits per heavy atom. The van der Waals surface area contributed by atoms with Crippen LogP contribution in [0.5, 0.6) is 0 Å². The minimum absolute atomic E-state index is 0.0383. The maximum Gasteiger partial charge on any atom is 0.272 e. The molecule has 6 heteroatoms. The first-order valence-electron chi connectivity index (χ1n) is 8.22. The summed E-state index contributed by atoms with van der Waals surface area (Å²) in [4.78, 5) is 25.3. The van der Waals surface area contributed by atoms with Gasteiger partial charge in [0.1, 0.15) is 11.5 Å². The van der Waals surface area contributed by atoms with E-state index < -0.39 is 11.8 Å². The lowest BCUT2D eigenvalue weighted by Gasteiger charge is -2.12. The summed E-state index contributed by atoms with van der Waals surface area (Å²) in [6, 6.07) is 17.4. The number of rotatable bonds is 5. The molecule has 0 saturated carbocycles. The second-order valence-corrected chi connectivity index (χ2v) is 6.24. The molecule has 0 unspecified atom stereocenters. The highest BCUT2D eigenvalue weighted by molar-refractivity contribution is 6.34. The molecule has 1 heterocycles. The summed E-state index contributed by atoms with van der Waals surface area (Å²) >= 11 is 6.07. The molecule has 1 aromatic heterocycles. The van der Waals surface area contributed by atoms with Crippen LogP contribution in [0.2, 0.25) is 5.02 Å². The molecule has 0 aliphatic carbocycles. The largest absolute Gasteiger partial charge is 0.465 e. The second kappa shape index (κ2) is 8.38. The molecule has 2 aromatic carbocycles. The van der Waals surface area contributed by atoms with Crippen LogP contribution in [0.25, 0.3) is 6.08 Å². The van der Waals surface area contributed by atoms with Crippen molar-refractivity contribution in [3.05, 3.63) is 94.5 Å². The molecular formula is C21H17ClN2O3. The van der Waals surface area contributed by atoms with Gasteiger partial charge in [0.25, 0.3) is 11.8 Å². The highest BCUT2D eigenvalue weighted by atomic mass is 35.5. The van der Waals surface area contributed by atoms with Gasteiger partial charge in [0.15, 0.2) is 0 Å². The quantitative estimate of drug-likeness (QED) is 0.633. The third kappa shape index (κ3) is 4.86. The van der Waals surface area contributed by atoms with Gasteiger partial charge in [0, 0.05) is 11.8 Å². The number of furan rings is 1. The van der Waals surface area contributed by atoms with Crippen molar-refractivity contribution in [2.75, 3.05) is 5.32 Å². The van der Waals surface area contributed by atoms with E-state index in [0.29, 0.717) is 16.5 Å². The number of nitrogens with one attached hydrogen (secondary N) is 2. The zero-order valence-corrected chi connectivity index (χ0v) is 15.3. The number of carbonyl (C=O) groups is 2. The molecule has 3 rings (SSSR count). The molecule has 0 radical (unpaired) electrons. The van der Waals surface area contributed by atoms with Crippen LogP contribution in [0, 0.1) is 6.92 Å². The van der Waals surface area contributed by atoms with E-state index in [4.69, 9.17) is 16.0 Å². The Labute approximate surface area is 161 Å². The van der Waals surface area contributed by atoms with Gasteiger partial charge in [0.05, 0.1) is 16.8 Å². The molecule has 0 aliphatic heterocycles. The molecule has 3 aromatic rings. The van der Waals surface area contributed by atoms with E-state index in [1.165, 1.54) is 12.3 Å². The molecule has 0 atom stereocenters. The Morgan fingerprint density at radius 2 is 1.85 bits per heavy atom. The van der Waals surface area contributed by atoms with Crippen LogP contribution in [0.4, 0.5) is 5.69 Å². The number of hydrogen-bond acceptors (Lipinski definition) is 3. The number of carbonyl (C=O) groups excluding carboxylic acids is 2. The number of benzene rings is 2. The average molecular weight is 381 g/mol. The van der Waals surface area contributed by atoms with Gasteiger partial charge in [0.2, 0.25) is 0 Å². The predicted octanol–water partition coefficient (Wildman–Crippen LogP) is 4.65. The Kier molecular flexibility index (Phi) is 5.74. The zero-order chi connectivity index (χ0) is 19.2. The van der Waals surface area contributed by atoms with Gasteiger partial charge >= 0.3 is 0 Å². The lowest BCUT2D eigenvalue weighted by atomic mass is 10.2. The third-order valence-electron chi connectivity index (χ3n) is 3.72. The van der Waals surface area contributed by atoms with E-state index in [-0.39, 0.29) is 11.3 Å². The Morgan fingerprint density at radius 1 is 1.04 bits per heavy atom. The first-order chi connectivity index (χ1) is 13.0. The minimum atomic E-state index is -0.488. The van der Waals surface area contributed by atoms with Gasteiger partial charge in [-0.3, -0.25) is 9.59 Å². The highest BCUT2D eigenvalue weighted by Crippen LogP contribution is 2.17. The monoisotopic (exact) mass is 380 g/mol. The highest BCUT2D eigenvalue weighted by Gasteiger charge is 2.17. The second-order valence-electron chi connectivity index (χ2n) is 5.83. The third-order valence-corrected chi connectivity index (χ3v) is 4.05. The molecule has 2 N–H and O–H groups in total. The Balaban J connectivity index is 1.86. The Bertz CT molecular complexity index is 994. The van der Waals surface area contributed by atoms with E-state index in [1.54, 1.807) is 42.5 Å². The molecule has 0 spiro atoms. The molecule has 5 nitrogen and oxygen atoms in total. The maximum atomic E-state index is 12.7. The summed E-state index contributed by atoms with van der Waals surface area (Å²) in [5, 5.41) is 5.68. The fraction of sp³-hybridized carbons (Fsp3) is 0.0476. The van der Waals surface area contributed by atoms with Gasteiger partial charge in [-0.1, -0.05) is 35.9 Å². The van der Waals surface area contributed by atoms with Crippen molar-refractivity contribution in [1.29, 1.82) is 0 Å². The van der Waals surface area contributed by atoms with Crippen molar-refractivity contribution in [3.8, 4) is 0 Å². The number of aryl methyl sites for hydroxylation is 1. The lowest BCUT2D eigenvalue weighted by Crippen LogP contribution is -2.30. The minimum Gasteiger partial charge on any atom is -0.465 e. The van der Waals surface area contributed by atoms with Gasteiger partial charge in [-0.15, -0.1) is 0 Å². The lowest BCUT2D eigenvalue weighted by molar-refractivity contribution is -0.113. The van der Waals surface area contributed by atoms with Crippen molar-refractivity contribution in [3.63, 3.8) is 0 Å². The van der Waals surface area contributed by atoms with E-state index in [0.717, 1.165) is 5.56 Å². The molecule has 0 aliphatic rings. The first-order valence-corrected chi connectivity index (χ1v) is 8.60. The number of halogens is 1. The van der Waals surface area contributed by atoms with E-state index in [9.17, 15) is 9.59 Å². The van der Waals surface area contributed by atoms with Crippen LogP contribution in [0.1, 0.15) is 21.7 Å². The summed E-state index contributed by atoms with van der Waals surface area (Å²) in [6.45, 7) is 1.93. The van der Waals surface area contributed by atoms with Crippen molar-refractivity contribution >= 4 is 35.2 Å². The summed E-state index contributed by atoms with van der Waals surface area (Å²) in [6.07, 6.45) is 2.94. The Hall–Kier alpha value is -3.31. The molecule has 136 valence electrons. The van der Waals surface area contributed by atoms with Crippen LogP contribution in [-0.2, 0) is 4.79 Å². The summed E-state index contributed by atoms with van der Waals surface area (Å²) < 4.78 is 5.26. The smallest absolute Gasteiger partial charge is 0.272 e. The topological polar surface area (TPSA) is 71.3 Å². The standard InChI is InChI=1S/C21H17ClN2O3/c1-14-6-4-7-15(12-14)23-21(26)19(13-16-8-5-11-27-16)24-20(25)17-9-2-3-10-18(17)22/h2-13H,1H3,(H,23,26)(H,24,25)/b19-13-. The summed E-state index contributed by atoms with van der Waals surface area (Å²) in [5.74, 6) is -0.529. The molecule has 27 heavy (non-hydrogen) atoms. The fourth-order valence-corrected chi connectivity index (χ4v) is 2.65. The number of hydrogen-bond donors (Lipinski definition) is 2. The van der Waals surface area contributed by atoms with Crippen LogP contribution >= 0.6 is 11.6 Å².